The molecule has 1 saturated heterocycles. The molecule has 182 valence electrons. The zero-order valence-electron chi connectivity index (χ0n) is 19.4. The van der Waals surface area contributed by atoms with E-state index in [1.165, 1.54) is 6.07 Å². The van der Waals surface area contributed by atoms with E-state index < -0.39 is 15.6 Å². The van der Waals surface area contributed by atoms with Gasteiger partial charge in [-0.3, -0.25) is 0 Å². The second-order valence-corrected chi connectivity index (χ2v) is 10.8. The van der Waals surface area contributed by atoms with Gasteiger partial charge in [0.2, 0.25) is 10.0 Å². The molecule has 6 rings (SSSR count). The fourth-order valence-electron chi connectivity index (χ4n) is 5.07. The van der Waals surface area contributed by atoms with Crippen molar-refractivity contribution >= 4 is 26.4 Å². The fourth-order valence-corrected chi connectivity index (χ4v) is 5.81. The van der Waals surface area contributed by atoms with E-state index in [9.17, 15) is 13.5 Å². The summed E-state index contributed by atoms with van der Waals surface area (Å²) in [5.74, 6) is 0. The van der Waals surface area contributed by atoms with Crippen LogP contribution in [-0.2, 0) is 15.6 Å². The van der Waals surface area contributed by atoms with Gasteiger partial charge in [0.05, 0.1) is 16.7 Å². The summed E-state index contributed by atoms with van der Waals surface area (Å²) >= 11 is 0. The first-order valence-electron chi connectivity index (χ1n) is 11.8. The number of aliphatic hydroxyl groups is 1. The molecule has 0 radical (unpaired) electrons. The van der Waals surface area contributed by atoms with Crippen LogP contribution in [0.2, 0.25) is 0 Å². The van der Waals surface area contributed by atoms with E-state index in [0.29, 0.717) is 23.9 Å². The number of piperidine rings is 1. The van der Waals surface area contributed by atoms with Crippen molar-refractivity contribution in [1.29, 1.82) is 0 Å². The average Bonchev–Trinajstić information content (AvgIpc) is 3.31. The molecule has 4 N–H and O–H groups in total. The van der Waals surface area contributed by atoms with Gasteiger partial charge in [0.1, 0.15) is 0 Å². The molecule has 36 heavy (non-hydrogen) atoms. The molecule has 8 nitrogen and oxygen atoms in total. The molecule has 1 aliphatic rings. The van der Waals surface area contributed by atoms with Crippen LogP contribution in [0, 0.1) is 0 Å². The minimum absolute atomic E-state index is 0.0890. The van der Waals surface area contributed by atoms with Crippen molar-refractivity contribution in [3.8, 4) is 22.3 Å². The smallest absolute Gasteiger partial charge is 0.238 e. The summed E-state index contributed by atoms with van der Waals surface area (Å²) in [4.78, 5) is 4.79. The lowest BCUT2D eigenvalue weighted by atomic mass is 9.84. The van der Waals surface area contributed by atoms with Gasteiger partial charge >= 0.3 is 0 Å². The lowest BCUT2D eigenvalue weighted by Gasteiger charge is -2.33. The number of nitrogens with zero attached hydrogens (tertiary/aromatic N) is 3. The Morgan fingerprint density at radius 3 is 2.33 bits per heavy atom. The number of nitrogens with one attached hydrogen (secondary N) is 1. The van der Waals surface area contributed by atoms with Gasteiger partial charge in [-0.05, 0) is 54.1 Å². The van der Waals surface area contributed by atoms with E-state index in [1.807, 2.05) is 42.6 Å². The SMILES string of the molecule is NS(=O)(=O)c1ccc(-c2cnn3cc(-c4ccc(C5(O)CCNCC5)cc4)cnc23)c2ccccc12. The molecule has 0 aliphatic carbocycles. The highest BCUT2D eigenvalue weighted by molar-refractivity contribution is 7.89. The van der Waals surface area contributed by atoms with Crippen LogP contribution < -0.4 is 10.5 Å². The van der Waals surface area contributed by atoms with Gasteiger partial charge in [0.15, 0.2) is 5.65 Å². The molecule has 2 aromatic heterocycles. The van der Waals surface area contributed by atoms with Crippen LogP contribution in [0.1, 0.15) is 18.4 Å². The van der Waals surface area contributed by atoms with Crippen molar-refractivity contribution in [3.05, 3.63) is 84.8 Å². The maximum absolute atomic E-state index is 12.1. The Morgan fingerprint density at radius 2 is 1.61 bits per heavy atom. The zero-order chi connectivity index (χ0) is 24.9. The standard InChI is InChI=1S/C27H25N5O3S/c28-36(34,35)25-10-9-22(21-3-1-2-4-23(21)25)24-16-31-32-17-19(15-30-26(24)32)18-5-7-20(8-6-18)27(33)11-13-29-14-12-27/h1-10,15-17,29,33H,11-14H2,(H2,28,34,35). The normalized spacial score (nSPS) is 15.9. The predicted octanol–water partition coefficient (Wildman–Crippen LogP) is 3.43. The van der Waals surface area contributed by atoms with Gasteiger partial charge in [-0.25, -0.2) is 23.1 Å². The first kappa shape index (κ1) is 22.8. The Bertz CT molecular complexity index is 1710. The number of fused-ring (bicyclic) bond motifs is 2. The third kappa shape index (κ3) is 3.86. The number of nitrogens with two attached hydrogens (primary N) is 1. The number of primary sulfonamides is 1. The summed E-state index contributed by atoms with van der Waals surface area (Å²) in [7, 11) is -3.86. The van der Waals surface area contributed by atoms with E-state index in [4.69, 9.17) is 10.1 Å². The highest BCUT2D eigenvalue weighted by Crippen LogP contribution is 2.35. The first-order valence-corrected chi connectivity index (χ1v) is 13.3. The lowest BCUT2D eigenvalue weighted by molar-refractivity contribution is 0.00595. The minimum atomic E-state index is -3.86. The quantitative estimate of drug-likeness (QED) is 0.348. The molecule has 0 saturated carbocycles. The molecule has 9 heteroatoms. The fraction of sp³-hybridized carbons (Fsp3) is 0.185. The van der Waals surface area contributed by atoms with Gasteiger partial charge in [-0.15, -0.1) is 0 Å². The molecule has 0 bridgehead atoms. The van der Waals surface area contributed by atoms with Gasteiger partial charge in [0.25, 0.3) is 0 Å². The summed E-state index contributed by atoms with van der Waals surface area (Å²) in [6.45, 7) is 1.61. The van der Waals surface area contributed by atoms with Crippen molar-refractivity contribution in [3.63, 3.8) is 0 Å². The van der Waals surface area contributed by atoms with Crippen molar-refractivity contribution in [2.45, 2.75) is 23.3 Å². The summed E-state index contributed by atoms with van der Waals surface area (Å²) < 4.78 is 25.9. The van der Waals surface area contributed by atoms with E-state index >= 15 is 0 Å². The van der Waals surface area contributed by atoms with Gasteiger partial charge in [-0.1, -0.05) is 54.6 Å². The maximum atomic E-state index is 12.1. The molecule has 1 aliphatic heterocycles. The van der Waals surface area contributed by atoms with E-state index in [-0.39, 0.29) is 4.90 Å². The molecular weight excluding hydrogens is 474 g/mol. The largest absolute Gasteiger partial charge is 0.385 e. The average molecular weight is 500 g/mol. The molecular formula is C27H25N5O3S. The molecule has 0 atom stereocenters. The van der Waals surface area contributed by atoms with Crippen molar-refractivity contribution in [2.24, 2.45) is 5.14 Å². The van der Waals surface area contributed by atoms with Crippen LogP contribution in [-0.4, -0.2) is 41.2 Å². The zero-order valence-corrected chi connectivity index (χ0v) is 20.2. The van der Waals surface area contributed by atoms with Gasteiger partial charge in [-0.2, -0.15) is 5.10 Å². The van der Waals surface area contributed by atoms with E-state index in [0.717, 1.165) is 46.3 Å². The molecule has 3 heterocycles. The number of hydrogen-bond donors (Lipinski definition) is 3. The van der Waals surface area contributed by atoms with Crippen molar-refractivity contribution in [2.75, 3.05) is 13.1 Å². The summed E-state index contributed by atoms with van der Waals surface area (Å²) in [6.07, 6.45) is 6.85. The Balaban J connectivity index is 1.38. The molecule has 1 fully saturated rings. The number of hydrogen-bond acceptors (Lipinski definition) is 6. The molecule has 3 aromatic carbocycles. The van der Waals surface area contributed by atoms with Crippen LogP contribution in [0.4, 0.5) is 0 Å². The van der Waals surface area contributed by atoms with Crippen LogP contribution in [0.3, 0.4) is 0 Å². The number of rotatable bonds is 4. The van der Waals surface area contributed by atoms with Crippen molar-refractivity contribution in [1.82, 2.24) is 19.9 Å². The lowest BCUT2D eigenvalue weighted by Crippen LogP contribution is -2.39. The topological polar surface area (TPSA) is 123 Å². The predicted molar refractivity (Wildman–Crippen MR) is 139 cm³/mol. The number of benzene rings is 3. The molecule has 5 aromatic rings. The number of sulfonamides is 1. The Hall–Kier alpha value is -3.63. The van der Waals surface area contributed by atoms with E-state index in [1.54, 1.807) is 35.1 Å². The summed E-state index contributed by atoms with van der Waals surface area (Å²) in [6, 6.07) is 18.5. The van der Waals surface area contributed by atoms with Crippen molar-refractivity contribution < 1.29 is 13.5 Å². The Morgan fingerprint density at radius 1 is 0.889 bits per heavy atom. The second kappa shape index (κ2) is 8.49. The van der Waals surface area contributed by atoms with Crippen LogP contribution in [0.25, 0.3) is 38.7 Å². The highest BCUT2D eigenvalue weighted by Gasteiger charge is 2.30. The monoisotopic (exact) mass is 499 g/mol. The first-order chi connectivity index (χ1) is 17.3. The third-order valence-electron chi connectivity index (χ3n) is 7.02. The van der Waals surface area contributed by atoms with Gasteiger partial charge in [0, 0.05) is 28.9 Å². The van der Waals surface area contributed by atoms with Crippen LogP contribution >= 0.6 is 0 Å². The molecule has 0 spiro atoms. The Kier molecular flexibility index (Phi) is 5.38. The highest BCUT2D eigenvalue weighted by atomic mass is 32.2. The van der Waals surface area contributed by atoms with Crippen LogP contribution in [0.15, 0.2) is 84.1 Å². The third-order valence-corrected chi connectivity index (χ3v) is 7.99. The molecule has 0 unspecified atom stereocenters. The summed E-state index contributed by atoms with van der Waals surface area (Å²) in [5.41, 5.74) is 4.30. The van der Waals surface area contributed by atoms with Crippen LogP contribution in [0.5, 0.6) is 0 Å². The minimum Gasteiger partial charge on any atom is -0.385 e. The Labute approximate surface area is 208 Å². The van der Waals surface area contributed by atoms with E-state index in [2.05, 4.69) is 10.4 Å². The van der Waals surface area contributed by atoms with Gasteiger partial charge < -0.3 is 10.4 Å². The second-order valence-electron chi connectivity index (χ2n) is 9.23. The summed E-state index contributed by atoms with van der Waals surface area (Å²) in [5, 5.41) is 25.6. The molecule has 0 amide bonds. The maximum Gasteiger partial charge on any atom is 0.238 e. The number of aromatic nitrogens is 3.